The van der Waals surface area contributed by atoms with Crippen molar-refractivity contribution >= 4 is 40.7 Å². The first-order valence-corrected chi connectivity index (χ1v) is 6.23. The van der Waals surface area contributed by atoms with Crippen LogP contribution in [0.1, 0.15) is 0 Å². The number of hydrogen-bond donors (Lipinski definition) is 0. The van der Waals surface area contributed by atoms with Gasteiger partial charge in [0.05, 0.1) is 4.92 Å². The maximum Gasteiger partial charge on any atom is 0.338 e. The molecule has 92 valence electrons. The van der Waals surface area contributed by atoms with Crippen molar-refractivity contribution in [1.29, 1.82) is 0 Å². The topological polar surface area (TPSA) is 68.9 Å². The highest BCUT2D eigenvalue weighted by atomic mass is 35.5. The molecule has 2 aromatic rings. The van der Waals surface area contributed by atoms with E-state index in [9.17, 15) is 10.1 Å². The van der Waals surface area contributed by atoms with E-state index in [0.717, 1.165) is 16.7 Å². The molecule has 8 heteroatoms. The summed E-state index contributed by atoms with van der Waals surface area (Å²) in [5.74, 6) is 0. The largest absolute Gasteiger partial charge is 0.338 e. The Morgan fingerprint density at radius 3 is 2.72 bits per heavy atom. The molecule has 0 aliphatic carbocycles. The number of nitro groups is 1. The predicted molar refractivity (Wildman–Crippen MR) is 69.3 cm³/mol. The monoisotopic (exact) mass is 301 g/mol. The minimum Gasteiger partial charge on any atom is -0.258 e. The third-order valence-corrected chi connectivity index (χ3v) is 3.43. The minimum absolute atomic E-state index is 0.181. The van der Waals surface area contributed by atoms with Crippen LogP contribution >= 0.6 is 35.0 Å². The number of nitrogens with zero attached hydrogens (tertiary/aromatic N) is 3. The van der Waals surface area contributed by atoms with Crippen LogP contribution in [0, 0.1) is 10.1 Å². The van der Waals surface area contributed by atoms with Crippen LogP contribution in [0.4, 0.5) is 5.69 Å². The predicted octanol–water partition coefficient (Wildman–Crippen LogP) is 3.84. The van der Waals surface area contributed by atoms with Crippen LogP contribution < -0.4 is 0 Å². The fourth-order valence-electron chi connectivity index (χ4n) is 1.21. The van der Waals surface area contributed by atoms with Crippen molar-refractivity contribution in [1.82, 2.24) is 9.97 Å². The summed E-state index contributed by atoms with van der Waals surface area (Å²) in [7, 11) is 0. The summed E-state index contributed by atoms with van der Waals surface area (Å²) >= 11 is 12.6. The van der Waals surface area contributed by atoms with Crippen LogP contribution in [-0.4, -0.2) is 14.9 Å². The van der Waals surface area contributed by atoms with Crippen molar-refractivity contribution in [3.05, 3.63) is 50.9 Å². The maximum absolute atomic E-state index is 10.9. The van der Waals surface area contributed by atoms with Gasteiger partial charge in [0.2, 0.25) is 5.15 Å². The van der Waals surface area contributed by atoms with Crippen LogP contribution in [0.2, 0.25) is 10.2 Å². The highest BCUT2D eigenvalue weighted by Crippen LogP contribution is 2.36. The molecular weight excluding hydrogens is 297 g/mol. The van der Waals surface area contributed by atoms with E-state index in [-0.39, 0.29) is 15.9 Å². The molecule has 0 spiro atoms. The summed E-state index contributed by atoms with van der Waals surface area (Å²) in [6.45, 7) is 0. The molecule has 1 aromatic heterocycles. The van der Waals surface area contributed by atoms with Crippen LogP contribution in [0.25, 0.3) is 0 Å². The lowest BCUT2D eigenvalue weighted by Crippen LogP contribution is -1.96. The Bertz CT molecular complexity index is 609. The molecule has 0 saturated carbocycles. The molecule has 0 N–H and O–H groups in total. The summed E-state index contributed by atoms with van der Waals surface area (Å²) in [5.41, 5.74) is -0.302. The van der Waals surface area contributed by atoms with Gasteiger partial charge in [-0.15, -0.1) is 0 Å². The van der Waals surface area contributed by atoms with E-state index < -0.39 is 4.92 Å². The van der Waals surface area contributed by atoms with Crippen LogP contribution in [-0.2, 0) is 0 Å². The molecule has 1 heterocycles. The van der Waals surface area contributed by atoms with Gasteiger partial charge in [0.25, 0.3) is 0 Å². The standard InChI is InChI=1S/C10H5Cl2N3O2S/c11-6-2-1-3-7(4-6)18-10-8(15(16)17)9(12)13-5-14-10/h1-5H. The second-order valence-electron chi connectivity index (χ2n) is 3.13. The molecule has 0 radical (unpaired) electrons. The Hall–Kier alpha value is -1.37. The third kappa shape index (κ3) is 2.90. The second kappa shape index (κ2) is 5.51. The van der Waals surface area contributed by atoms with Crippen molar-refractivity contribution in [3.8, 4) is 0 Å². The number of aromatic nitrogens is 2. The van der Waals surface area contributed by atoms with Crippen LogP contribution in [0.5, 0.6) is 0 Å². The van der Waals surface area contributed by atoms with E-state index in [1.54, 1.807) is 24.3 Å². The molecule has 0 saturated heterocycles. The molecule has 1 aromatic carbocycles. The van der Waals surface area contributed by atoms with Gasteiger partial charge < -0.3 is 0 Å². The third-order valence-electron chi connectivity index (χ3n) is 1.94. The van der Waals surface area contributed by atoms with Gasteiger partial charge in [0.15, 0.2) is 5.03 Å². The van der Waals surface area contributed by atoms with Crippen molar-refractivity contribution in [2.24, 2.45) is 0 Å². The van der Waals surface area contributed by atoms with E-state index in [4.69, 9.17) is 23.2 Å². The highest BCUT2D eigenvalue weighted by Gasteiger charge is 2.22. The van der Waals surface area contributed by atoms with Crippen LogP contribution in [0.3, 0.4) is 0 Å². The molecule has 18 heavy (non-hydrogen) atoms. The zero-order valence-electron chi connectivity index (χ0n) is 8.71. The summed E-state index contributed by atoms with van der Waals surface area (Å²) < 4.78 is 0. The lowest BCUT2D eigenvalue weighted by atomic mass is 10.4. The Balaban J connectivity index is 2.40. The second-order valence-corrected chi connectivity index (χ2v) is 4.99. The van der Waals surface area contributed by atoms with E-state index in [1.807, 2.05) is 0 Å². The van der Waals surface area contributed by atoms with E-state index in [0.29, 0.717) is 5.02 Å². The molecule has 0 unspecified atom stereocenters. The zero-order chi connectivity index (χ0) is 13.1. The minimum atomic E-state index is -0.602. The fraction of sp³-hybridized carbons (Fsp3) is 0. The molecule has 0 aliphatic rings. The average Bonchev–Trinajstić information content (AvgIpc) is 2.28. The van der Waals surface area contributed by atoms with E-state index in [1.165, 1.54) is 6.33 Å². The van der Waals surface area contributed by atoms with Gasteiger partial charge in [-0.25, -0.2) is 9.97 Å². The first-order valence-electron chi connectivity index (χ1n) is 4.66. The van der Waals surface area contributed by atoms with E-state index in [2.05, 4.69) is 9.97 Å². The Kier molecular flexibility index (Phi) is 4.00. The average molecular weight is 302 g/mol. The maximum atomic E-state index is 10.9. The number of rotatable bonds is 3. The molecule has 0 fully saturated rings. The molecule has 0 atom stereocenters. The molecular formula is C10H5Cl2N3O2S. The van der Waals surface area contributed by atoms with Gasteiger partial charge >= 0.3 is 5.69 Å². The Morgan fingerprint density at radius 2 is 2.06 bits per heavy atom. The summed E-state index contributed by atoms with van der Waals surface area (Å²) in [4.78, 5) is 18.5. The molecule has 0 amide bonds. The summed E-state index contributed by atoms with van der Waals surface area (Å²) in [6.07, 6.45) is 1.18. The van der Waals surface area contributed by atoms with Gasteiger partial charge in [-0.05, 0) is 18.2 Å². The van der Waals surface area contributed by atoms with Gasteiger partial charge in [0, 0.05) is 9.92 Å². The fourth-order valence-corrected chi connectivity index (χ4v) is 2.65. The van der Waals surface area contributed by atoms with Crippen LogP contribution in [0.15, 0.2) is 40.5 Å². The van der Waals surface area contributed by atoms with Gasteiger partial charge in [-0.1, -0.05) is 41.0 Å². The highest BCUT2D eigenvalue weighted by molar-refractivity contribution is 7.99. The number of hydrogen-bond acceptors (Lipinski definition) is 5. The smallest absolute Gasteiger partial charge is 0.258 e. The molecule has 2 rings (SSSR count). The lowest BCUT2D eigenvalue weighted by Gasteiger charge is -2.02. The first kappa shape index (κ1) is 13.1. The van der Waals surface area contributed by atoms with Crippen molar-refractivity contribution in [2.45, 2.75) is 9.92 Å². The van der Waals surface area contributed by atoms with Gasteiger partial charge in [0.1, 0.15) is 6.33 Å². The molecule has 0 aliphatic heterocycles. The Morgan fingerprint density at radius 1 is 1.28 bits per heavy atom. The van der Waals surface area contributed by atoms with Crippen molar-refractivity contribution < 1.29 is 4.92 Å². The van der Waals surface area contributed by atoms with E-state index >= 15 is 0 Å². The van der Waals surface area contributed by atoms with Crippen molar-refractivity contribution in [2.75, 3.05) is 0 Å². The molecule has 0 bridgehead atoms. The van der Waals surface area contributed by atoms with Crippen molar-refractivity contribution in [3.63, 3.8) is 0 Å². The molecule has 5 nitrogen and oxygen atoms in total. The lowest BCUT2D eigenvalue weighted by molar-refractivity contribution is -0.388. The number of benzene rings is 1. The van der Waals surface area contributed by atoms with Gasteiger partial charge in [-0.2, -0.15) is 0 Å². The summed E-state index contributed by atoms with van der Waals surface area (Å²) in [6, 6.07) is 6.93. The normalized spacial score (nSPS) is 10.3. The van der Waals surface area contributed by atoms with Gasteiger partial charge in [-0.3, -0.25) is 10.1 Å². The zero-order valence-corrected chi connectivity index (χ0v) is 11.0. The SMILES string of the molecule is O=[N+]([O-])c1c(Cl)ncnc1Sc1cccc(Cl)c1. The quantitative estimate of drug-likeness (QED) is 0.489. The summed E-state index contributed by atoms with van der Waals surface area (Å²) in [5, 5.41) is 11.4. The Labute approximate surface area is 116 Å². The first-order chi connectivity index (χ1) is 8.58. The number of halogens is 2.